The fourth-order valence-corrected chi connectivity index (χ4v) is 14.2. The molecule has 10 amide bonds. The Morgan fingerprint density at radius 2 is 1.23 bits per heavy atom. The van der Waals surface area contributed by atoms with Crippen molar-refractivity contribution in [1.29, 1.82) is 0 Å². The van der Waals surface area contributed by atoms with Gasteiger partial charge in [0, 0.05) is 115 Å². The number of primary amides is 1. The first-order chi connectivity index (χ1) is 48.5. The predicted molar refractivity (Wildman–Crippen MR) is 372 cm³/mol. The minimum Gasteiger partial charge on any atom is -0.508 e. The van der Waals surface area contributed by atoms with Crippen LogP contribution < -0.4 is 48.7 Å². The number of aromatic nitrogens is 4. The molecule has 5 heterocycles. The highest BCUT2D eigenvalue weighted by Gasteiger charge is 2.42. The van der Waals surface area contributed by atoms with Crippen molar-refractivity contribution < 1.29 is 71.7 Å². The first-order valence-corrected chi connectivity index (χ1v) is 35.2. The Bertz CT molecular complexity index is 4140. The number of likely N-dealkylation sites (N-methyl/N-ethyl adjacent to an activating group) is 1. The molecule has 2 aliphatic heterocycles. The molecule has 1 fully saturated rings. The van der Waals surface area contributed by atoms with E-state index in [1.165, 1.54) is 120 Å². The minimum atomic E-state index is -2.04. The molecule has 101 heavy (non-hydrogen) atoms. The van der Waals surface area contributed by atoms with Crippen LogP contribution in [0.3, 0.4) is 0 Å². The fraction of sp³-hybridized carbons (Fsp3) is 0.391. The van der Waals surface area contributed by atoms with Crippen molar-refractivity contribution in [3.63, 3.8) is 0 Å². The van der Waals surface area contributed by atoms with E-state index in [1.807, 2.05) is 24.3 Å². The van der Waals surface area contributed by atoms with E-state index >= 15 is 14.4 Å². The molecule has 32 heteroatoms. The zero-order valence-electron chi connectivity index (χ0n) is 55.2. The average molecular weight is 1430 g/mol. The van der Waals surface area contributed by atoms with Crippen molar-refractivity contribution in [2.45, 2.75) is 130 Å². The van der Waals surface area contributed by atoms with Gasteiger partial charge in [0.25, 0.3) is 0 Å². The number of halogens is 2. The van der Waals surface area contributed by atoms with E-state index in [-0.39, 0.29) is 73.2 Å². The maximum Gasteiger partial charge on any atom is 0.305 e. The Balaban J connectivity index is 1.06. The van der Waals surface area contributed by atoms with Crippen LogP contribution >= 0.6 is 23.5 Å². The van der Waals surface area contributed by atoms with E-state index in [9.17, 15) is 57.4 Å². The van der Waals surface area contributed by atoms with Crippen molar-refractivity contribution in [3.8, 4) is 5.75 Å². The lowest BCUT2D eigenvalue weighted by atomic mass is 10.0. The number of unbranched alkanes of at least 4 members (excludes halogenated alkanes) is 1. The molecule has 16 N–H and O–H groups in total. The van der Waals surface area contributed by atoms with Gasteiger partial charge in [0.05, 0.1) is 19.3 Å². The van der Waals surface area contributed by atoms with Crippen molar-refractivity contribution >= 4 is 110 Å². The number of H-pyrrole nitrogens is 3. The number of aliphatic carboxylic acids is 1. The maximum atomic E-state index is 15.1. The van der Waals surface area contributed by atoms with Crippen LogP contribution in [-0.4, -0.2) is 192 Å². The summed E-state index contributed by atoms with van der Waals surface area (Å²) in [5.74, 6) is -10.4. The van der Waals surface area contributed by atoms with Crippen LogP contribution in [0.5, 0.6) is 5.75 Å². The largest absolute Gasteiger partial charge is 0.508 e. The summed E-state index contributed by atoms with van der Waals surface area (Å²) in [6, 6.07) is 9.00. The number of imidazole rings is 1. The zero-order chi connectivity index (χ0) is 72.3. The van der Waals surface area contributed by atoms with Gasteiger partial charge >= 0.3 is 5.97 Å². The number of nitrogens with two attached hydrogens (primary N) is 2. The molecular formula is C69H81F2N15O13S2. The van der Waals surface area contributed by atoms with Gasteiger partial charge in [-0.25, -0.2) is 13.8 Å². The summed E-state index contributed by atoms with van der Waals surface area (Å²) in [6.07, 6.45) is 4.55. The number of amides is 10. The van der Waals surface area contributed by atoms with E-state index < -0.39 is 144 Å². The highest BCUT2D eigenvalue weighted by atomic mass is 32.2. The van der Waals surface area contributed by atoms with Crippen LogP contribution in [0.25, 0.3) is 21.8 Å². The number of carbonyl (C=O) groups is 11. The monoisotopic (exact) mass is 1430 g/mol. The van der Waals surface area contributed by atoms with Gasteiger partial charge in [-0.15, -0.1) is 0 Å². The van der Waals surface area contributed by atoms with Crippen molar-refractivity contribution in [3.05, 3.63) is 155 Å². The summed E-state index contributed by atoms with van der Waals surface area (Å²) in [4.78, 5) is 173. The number of carboxylic acids is 1. The number of carbonyl (C=O) groups excluding carboxylic acids is 10. The van der Waals surface area contributed by atoms with Gasteiger partial charge in [0.2, 0.25) is 59.1 Å². The molecule has 0 spiro atoms. The van der Waals surface area contributed by atoms with Crippen LogP contribution in [-0.2, 0) is 89.9 Å². The molecule has 9 rings (SSSR count). The smallest absolute Gasteiger partial charge is 0.305 e. The van der Waals surface area contributed by atoms with E-state index in [2.05, 4.69) is 57.2 Å². The third-order valence-corrected chi connectivity index (χ3v) is 19.6. The Hall–Kier alpha value is -10.3. The van der Waals surface area contributed by atoms with Crippen molar-refractivity contribution in [2.24, 2.45) is 11.5 Å². The molecule has 7 aromatic rings. The Labute approximate surface area is 587 Å². The number of phenolic OH excluding ortho intramolecular Hbond substituents is 1. The standard InChI is InChI=1S/C69H81F2N15O13S2/c1-85-58(62(73)92)36-101-35-40-7-4-6-39(22-40)34-100-21-18-59(88)79-51(8-2-3-19-72)63(93)77-33-60(89)80-52(24-41-30-75-49-16-12-43(70)26-47(41)49)64(94)81-53(25-42-31-76-50-17-13-44(71)27-48(42)50)65(95)83-55(29-61(90)91)67(97)82-54(28-45-32-74-37-78-45)66(96)84-56(23-38-10-14-46(87)15-11-38)68(98)86-20-5-9-57(86)69(85)99/h4,6-7,10-17,22,26-27,30-32,37,51-58,75-76,87H,2-3,5,8-9,18-21,23-25,28-29,33-36,72H2,1H3,(H2,73,92)(H,74,78)(H,77,93)(H,79,88)(H,80,89)(H,81,94)(H,82,97)(H,83,95)(H,84,96)(H,90,91)/t51-,52-,53-,54-,55-,56-,57-,58-/m0/s1. The molecule has 1 saturated heterocycles. The molecule has 0 radical (unpaired) electrons. The molecule has 0 unspecified atom stereocenters. The van der Waals surface area contributed by atoms with E-state index in [0.29, 0.717) is 70.6 Å². The van der Waals surface area contributed by atoms with Gasteiger partial charge in [0.15, 0.2) is 0 Å². The van der Waals surface area contributed by atoms with Crippen molar-refractivity contribution in [2.75, 3.05) is 38.2 Å². The molecule has 2 aliphatic rings. The summed E-state index contributed by atoms with van der Waals surface area (Å²) >= 11 is 2.82. The number of aromatic hydroxyl groups is 1. The Morgan fingerprint density at radius 3 is 1.83 bits per heavy atom. The SMILES string of the molecule is CN1C(=O)[C@@H]2CCCN2C(=O)[C@H](Cc2ccc(O)cc2)NC(=O)[C@H](Cc2cnc[nH]2)NC(=O)[C@H](CC(=O)O)NC(=O)[C@H](Cc2c[nH]c3ccc(F)cc23)NC(=O)[C@H](Cc2c[nH]c3ccc(F)cc23)NC(=O)CNC(=O)[C@H](CCCCN)NC(=O)CCSCc2cccc(c2)CSC[C@H]1C(N)=O. The number of nitrogens with one attached hydrogen (secondary N) is 10. The second-order valence-electron chi connectivity index (χ2n) is 24.8. The number of hydrogen-bond donors (Lipinski definition) is 14. The molecule has 0 aliphatic carbocycles. The molecule has 8 atom stereocenters. The lowest BCUT2D eigenvalue weighted by Gasteiger charge is -2.34. The van der Waals surface area contributed by atoms with Gasteiger partial charge in [-0.1, -0.05) is 36.4 Å². The maximum absolute atomic E-state index is 15.1. The van der Waals surface area contributed by atoms with E-state index in [0.717, 1.165) is 17.2 Å². The number of phenols is 1. The normalized spacial score (nSPS) is 22.1. The topological polar surface area (TPSA) is 431 Å². The minimum absolute atomic E-state index is 0.0111. The van der Waals surface area contributed by atoms with E-state index in [4.69, 9.17) is 11.5 Å². The molecule has 3 aromatic heterocycles. The number of benzene rings is 4. The Morgan fingerprint density at radius 1 is 0.644 bits per heavy atom. The third-order valence-electron chi connectivity index (χ3n) is 17.5. The molecule has 28 nitrogen and oxygen atoms in total. The first kappa shape index (κ1) is 74.9. The zero-order valence-corrected chi connectivity index (χ0v) is 56.8. The van der Waals surface area contributed by atoms with Gasteiger partial charge in [0.1, 0.15) is 65.7 Å². The Kier molecular flexibility index (Phi) is 26.4. The predicted octanol–water partition coefficient (Wildman–Crippen LogP) is 2.13. The average Bonchev–Trinajstić information content (AvgIpc) is 1.73. The molecule has 0 saturated carbocycles. The van der Waals surface area contributed by atoms with Gasteiger partial charge in [-0.3, -0.25) is 52.7 Å². The fourth-order valence-electron chi connectivity index (χ4n) is 12.1. The summed E-state index contributed by atoms with van der Waals surface area (Å²) in [7, 11) is 1.42. The van der Waals surface area contributed by atoms with Crippen LogP contribution in [0, 0.1) is 11.6 Å². The highest BCUT2D eigenvalue weighted by molar-refractivity contribution is 7.98. The number of carboxylic acid groups (broad SMARTS) is 1. The first-order valence-electron chi connectivity index (χ1n) is 32.9. The lowest BCUT2D eigenvalue weighted by molar-refractivity contribution is -0.147. The highest BCUT2D eigenvalue weighted by Crippen LogP contribution is 2.27. The number of thioether (sulfide) groups is 2. The summed E-state index contributed by atoms with van der Waals surface area (Å²) in [6.45, 7) is -0.403. The second-order valence-corrected chi connectivity index (χ2v) is 27.0. The van der Waals surface area contributed by atoms with Crippen molar-refractivity contribution in [1.82, 2.24) is 67.0 Å². The molecule has 536 valence electrons. The molecule has 4 aromatic carbocycles. The second kappa shape index (κ2) is 35.6. The summed E-state index contributed by atoms with van der Waals surface area (Å²) in [5, 5.41) is 39.4. The van der Waals surface area contributed by atoms with Crippen LogP contribution in [0.2, 0.25) is 0 Å². The van der Waals surface area contributed by atoms with E-state index in [1.54, 1.807) is 0 Å². The van der Waals surface area contributed by atoms with Crippen LogP contribution in [0.15, 0.2) is 110 Å². The molecular weight excluding hydrogens is 1350 g/mol. The summed E-state index contributed by atoms with van der Waals surface area (Å²) in [5.41, 5.74) is 15.7. The number of aromatic amines is 3. The number of hydrogen-bond acceptors (Lipinski definition) is 16. The summed E-state index contributed by atoms with van der Waals surface area (Å²) < 4.78 is 29.8. The quantitative estimate of drug-likeness (QED) is 0.0654. The van der Waals surface area contributed by atoms with Gasteiger partial charge in [-0.05, 0) is 115 Å². The van der Waals surface area contributed by atoms with Crippen LogP contribution in [0.1, 0.15) is 78.5 Å². The van der Waals surface area contributed by atoms with Gasteiger partial charge < -0.3 is 83.6 Å². The number of nitrogens with zero attached hydrogens (tertiary/aromatic N) is 3. The van der Waals surface area contributed by atoms with Crippen LogP contribution in [0.4, 0.5) is 8.78 Å². The molecule has 2 bridgehead atoms. The number of rotatable bonds is 15. The van der Waals surface area contributed by atoms with Gasteiger partial charge in [-0.2, -0.15) is 23.5 Å². The lowest BCUT2D eigenvalue weighted by Crippen LogP contribution is -2.61. The third kappa shape index (κ3) is 20.9. The number of fused-ring (bicyclic) bond motifs is 5.